The average Bonchev–Trinajstić information content (AvgIpc) is 2.64. The Bertz CT molecular complexity index is 954. The van der Waals surface area contributed by atoms with Crippen LogP contribution < -0.4 is 25.6 Å². The molecule has 1 aliphatic heterocycles. The summed E-state index contributed by atoms with van der Waals surface area (Å²) in [6, 6.07) is 12.4. The minimum absolute atomic E-state index is 0.0445. The molecule has 128 valence electrons. The van der Waals surface area contributed by atoms with E-state index in [2.05, 4.69) is 20.6 Å². The van der Waals surface area contributed by atoms with Crippen LogP contribution in [-0.2, 0) is 0 Å². The van der Waals surface area contributed by atoms with Crippen molar-refractivity contribution in [3.63, 3.8) is 0 Å². The van der Waals surface area contributed by atoms with Crippen LogP contribution in [0, 0.1) is 5.82 Å². The van der Waals surface area contributed by atoms with Crippen molar-refractivity contribution >= 4 is 36.5 Å². The minimum Gasteiger partial charge on any atom is -0.486 e. The molecule has 0 saturated carbocycles. The first-order valence-corrected chi connectivity index (χ1v) is 7.99. The van der Waals surface area contributed by atoms with Crippen molar-refractivity contribution in [1.29, 1.82) is 0 Å². The second-order valence-corrected chi connectivity index (χ2v) is 5.62. The van der Waals surface area contributed by atoms with Crippen LogP contribution in [0.1, 0.15) is 0 Å². The first-order chi connectivity index (χ1) is 12.7. The summed E-state index contributed by atoms with van der Waals surface area (Å²) in [5, 5.41) is 5.93. The van der Waals surface area contributed by atoms with Gasteiger partial charge in [0, 0.05) is 17.4 Å². The third-order valence-corrected chi connectivity index (χ3v) is 3.69. The van der Waals surface area contributed by atoms with Crippen LogP contribution in [-0.4, -0.2) is 31.0 Å². The van der Waals surface area contributed by atoms with Crippen molar-refractivity contribution in [2.24, 2.45) is 0 Å². The lowest BCUT2D eigenvalue weighted by atomic mass is 9.96. The van der Waals surface area contributed by atoms with E-state index in [4.69, 9.17) is 17.3 Å². The van der Waals surface area contributed by atoms with Crippen LogP contribution in [0.25, 0.3) is 0 Å². The van der Waals surface area contributed by atoms with Gasteiger partial charge in [0.2, 0.25) is 5.95 Å². The van der Waals surface area contributed by atoms with Gasteiger partial charge < -0.3 is 20.1 Å². The van der Waals surface area contributed by atoms with E-state index in [0.717, 1.165) is 6.20 Å². The van der Waals surface area contributed by atoms with Crippen molar-refractivity contribution < 1.29 is 13.9 Å². The van der Waals surface area contributed by atoms with Gasteiger partial charge in [0.05, 0.1) is 6.20 Å². The highest BCUT2D eigenvalue weighted by atomic mass is 19.1. The molecule has 0 saturated heterocycles. The van der Waals surface area contributed by atoms with Crippen molar-refractivity contribution in [3.8, 4) is 11.5 Å². The van der Waals surface area contributed by atoms with E-state index in [-0.39, 0.29) is 11.8 Å². The van der Waals surface area contributed by atoms with Crippen LogP contribution in [0.15, 0.2) is 48.7 Å². The molecule has 0 unspecified atom stereocenters. The summed E-state index contributed by atoms with van der Waals surface area (Å²) in [7, 11) is 5.75. The number of nitrogens with zero attached hydrogens (tertiary/aromatic N) is 2. The highest BCUT2D eigenvalue weighted by molar-refractivity contribution is 6.32. The molecule has 0 spiro atoms. The first kappa shape index (κ1) is 16.2. The van der Waals surface area contributed by atoms with Gasteiger partial charge in [-0.3, -0.25) is 0 Å². The summed E-state index contributed by atoms with van der Waals surface area (Å²) < 4.78 is 25.1. The van der Waals surface area contributed by atoms with Crippen LogP contribution in [0.4, 0.5) is 27.5 Å². The van der Waals surface area contributed by atoms with E-state index < -0.39 is 5.82 Å². The number of aromatic nitrogens is 2. The predicted octanol–water partition coefficient (Wildman–Crippen LogP) is 2.67. The summed E-state index contributed by atoms with van der Waals surface area (Å²) in [6.07, 6.45) is 1.10. The molecule has 2 heterocycles. The molecule has 4 rings (SSSR count). The van der Waals surface area contributed by atoms with Crippen LogP contribution in [0.5, 0.6) is 11.5 Å². The topological polar surface area (TPSA) is 68.3 Å². The fourth-order valence-corrected chi connectivity index (χ4v) is 2.52. The van der Waals surface area contributed by atoms with Gasteiger partial charge in [0.1, 0.15) is 21.1 Å². The molecule has 1 aliphatic rings. The van der Waals surface area contributed by atoms with Gasteiger partial charge in [-0.25, -0.2) is 9.37 Å². The first-order valence-electron chi connectivity index (χ1n) is 7.99. The molecule has 1 aromatic heterocycles. The smallest absolute Gasteiger partial charge is 0.229 e. The van der Waals surface area contributed by atoms with Gasteiger partial charge >= 0.3 is 0 Å². The third kappa shape index (κ3) is 3.54. The molecule has 2 aromatic carbocycles. The van der Waals surface area contributed by atoms with Crippen LogP contribution in [0.2, 0.25) is 0 Å². The quantitative estimate of drug-likeness (QED) is 0.707. The number of hydrogen-bond acceptors (Lipinski definition) is 6. The molecule has 2 N–H and O–H groups in total. The Balaban J connectivity index is 1.56. The van der Waals surface area contributed by atoms with Gasteiger partial charge in [0.25, 0.3) is 0 Å². The Labute approximate surface area is 150 Å². The lowest BCUT2D eigenvalue weighted by molar-refractivity contribution is 0.171. The van der Waals surface area contributed by atoms with Crippen molar-refractivity contribution in [1.82, 2.24) is 9.97 Å². The molecule has 0 amide bonds. The van der Waals surface area contributed by atoms with Crippen LogP contribution in [0.3, 0.4) is 0 Å². The lowest BCUT2D eigenvalue weighted by Crippen LogP contribution is -2.15. The van der Waals surface area contributed by atoms with Gasteiger partial charge in [0.15, 0.2) is 23.1 Å². The summed E-state index contributed by atoms with van der Waals surface area (Å²) in [5.41, 5.74) is 1.94. The zero-order valence-corrected chi connectivity index (χ0v) is 13.7. The molecular formula is C18H14BFN4O2. The fraction of sp³-hybridized carbons (Fsp3) is 0.111. The minimum atomic E-state index is -0.571. The van der Waals surface area contributed by atoms with Gasteiger partial charge in [-0.05, 0) is 24.3 Å². The Morgan fingerprint density at radius 3 is 2.62 bits per heavy atom. The summed E-state index contributed by atoms with van der Waals surface area (Å²) in [6.45, 7) is 0.992. The number of fused-ring (bicyclic) bond motifs is 1. The molecular weight excluding hydrogens is 334 g/mol. The number of nitrogens with one attached hydrogen (secondary N) is 2. The highest BCUT2D eigenvalue weighted by Crippen LogP contribution is 2.33. The fourth-order valence-electron chi connectivity index (χ4n) is 2.52. The monoisotopic (exact) mass is 348 g/mol. The number of hydrogen-bond donors (Lipinski definition) is 2. The predicted molar refractivity (Wildman–Crippen MR) is 97.8 cm³/mol. The third-order valence-electron chi connectivity index (χ3n) is 3.69. The number of rotatable bonds is 4. The molecule has 0 fully saturated rings. The summed E-state index contributed by atoms with van der Waals surface area (Å²) in [5.74, 6) is 0.987. The standard InChI is InChI=1S/C18H14BFN4O2/c19-11-2-1-3-12(8-11)23-18-21-10-14(20)17(24-18)22-13-4-5-15-16(9-13)26-7-6-25-15/h1-5,8-10H,6-7H2,(H2,21,22,23,24). The molecule has 6 nitrogen and oxygen atoms in total. The van der Waals surface area contributed by atoms with Crippen molar-refractivity contribution in [2.45, 2.75) is 0 Å². The molecule has 26 heavy (non-hydrogen) atoms. The molecule has 0 aliphatic carbocycles. The summed E-state index contributed by atoms with van der Waals surface area (Å²) >= 11 is 0. The van der Waals surface area contributed by atoms with E-state index in [0.29, 0.717) is 41.6 Å². The second kappa shape index (κ2) is 6.91. The molecule has 2 radical (unpaired) electrons. The highest BCUT2D eigenvalue weighted by Gasteiger charge is 2.13. The van der Waals surface area contributed by atoms with Crippen molar-refractivity contribution in [2.75, 3.05) is 23.8 Å². The number of anilines is 4. The Hall–Kier alpha value is -3.29. The molecule has 0 bridgehead atoms. The number of ether oxygens (including phenoxy) is 2. The Kier molecular flexibility index (Phi) is 4.31. The largest absolute Gasteiger partial charge is 0.486 e. The van der Waals surface area contributed by atoms with Gasteiger partial charge in [-0.1, -0.05) is 17.6 Å². The van der Waals surface area contributed by atoms with Gasteiger partial charge in [-0.15, -0.1) is 0 Å². The Morgan fingerprint density at radius 1 is 0.962 bits per heavy atom. The Morgan fingerprint density at radius 2 is 1.77 bits per heavy atom. The van der Waals surface area contributed by atoms with E-state index >= 15 is 0 Å². The van der Waals surface area contributed by atoms with E-state index in [1.54, 1.807) is 36.4 Å². The van der Waals surface area contributed by atoms with E-state index in [1.165, 1.54) is 0 Å². The van der Waals surface area contributed by atoms with Crippen molar-refractivity contribution in [3.05, 3.63) is 54.5 Å². The summed E-state index contributed by atoms with van der Waals surface area (Å²) in [4.78, 5) is 8.14. The van der Waals surface area contributed by atoms with Crippen LogP contribution >= 0.6 is 0 Å². The lowest BCUT2D eigenvalue weighted by Gasteiger charge is -2.19. The maximum atomic E-state index is 14.1. The van der Waals surface area contributed by atoms with E-state index in [1.807, 2.05) is 6.07 Å². The van der Waals surface area contributed by atoms with E-state index in [9.17, 15) is 4.39 Å². The zero-order valence-electron chi connectivity index (χ0n) is 13.7. The average molecular weight is 348 g/mol. The maximum Gasteiger partial charge on any atom is 0.229 e. The number of halogens is 1. The molecule has 8 heteroatoms. The molecule has 0 atom stereocenters. The van der Waals surface area contributed by atoms with Gasteiger partial charge in [-0.2, -0.15) is 4.98 Å². The number of benzene rings is 2. The molecule has 3 aromatic rings. The SMILES string of the molecule is [B]c1cccc(Nc2ncc(F)c(Nc3ccc4c(c3)OCCO4)n2)c1. The maximum absolute atomic E-state index is 14.1. The zero-order chi connectivity index (χ0) is 17.9. The second-order valence-electron chi connectivity index (χ2n) is 5.62. The normalized spacial score (nSPS) is 12.5.